The average Bonchev–Trinajstić information content (AvgIpc) is 2.33. The molecule has 2 aromatic rings. The molecule has 5 heteroatoms. The Hall–Kier alpha value is -0.970. The van der Waals surface area contributed by atoms with E-state index in [9.17, 15) is 4.79 Å². The first-order chi connectivity index (χ1) is 8.56. The highest BCUT2D eigenvalue weighted by atomic mass is 79.9. The monoisotopic (exact) mass is 342 g/mol. The molecule has 0 aliphatic carbocycles. The average molecular weight is 344 g/mol. The van der Waals surface area contributed by atoms with Crippen molar-refractivity contribution >= 4 is 45.3 Å². The van der Waals surface area contributed by atoms with Gasteiger partial charge in [0.1, 0.15) is 0 Å². The van der Waals surface area contributed by atoms with Crippen molar-refractivity contribution in [2.45, 2.75) is 9.79 Å². The molecule has 0 amide bonds. The van der Waals surface area contributed by atoms with Crippen LogP contribution in [0.25, 0.3) is 0 Å². The summed E-state index contributed by atoms with van der Waals surface area (Å²) in [5.41, 5.74) is 0.287. The zero-order chi connectivity index (χ0) is 13.1. The number of carboxylic acids is 1. The molecule has 2 aromatic carbocycles. The predicted molar refractivity (Wildman–Crippen MR) is 76.7 cm³/mol. The lowest BCUT2D eigenvalue weighted by molar-refractivity contribution is 0.0697. The molecule has 0 bridgehead atoms. The van der Waals surface area contributed by atoms with Gasteiger partial charge in [-0.25, -0.2) is 4.79 Å². The molecule has 0 spiro atoms. The molecule has 0 fully saturated rings. The summed E-state index contributed by atoms with van der Waals surface area (Å²) in [6.07, 6.45) is 0. The fraction of sp³-hybridized carbons (Fsp3) is 0. The van der Waals surface area contributed by atoms with Crippen LogP contribution < -0.4 is 0 Å². The summed E-state index contributed by atoms with van der Waals surface area (Å²) >= 11 is 10.9. The summed E-state index contributed by atoms with van der Waals surface area (Å²) in [6, 6.07) is 12.3. The maximum atomic E-state index is 10.7. The van der Waals surface area contributed by atoms with Crippen molar-refractivity contribution in [3.63, 3.8) is 0 Å². The van der Waals surface area contributed by atoms with E-state index in [-0.39, 0.29) is 5.56 Å². The Kier molecular flexibility index (Phi) is 4.32. The Morgan fingerprint density at radius 3 is 2.39 bits per heavy atom. The van der Waals surface area contributed by atoms with Gasteiger partial charge in [-0.3, -0.25) is 0 Å². The number of hydrogen-bond donors (Lipinski definition) is 1. The first-order valence-corrected chi connectivity index (χ1v) is 7.01. The van der Waals surface area contributed by atoms with E-state index in [0.29, 0.717) is 5.02 Å². The molecule has 0 aliphatic rings. The standard InChI is InChI=1S/C13H8BrClO2S/c14-11-7-9(15)3-6-12(11)18-10-4-1-8(2-5-10)13(16)17/h1-7H,(H,16,17). The second kappa shape index (κ2) is 5.78. The maximum Gasteiger partial charge on any atom is 0.335 e. The van der Waals surface area contributed by atoms with E-state index in [1.165, 1.54) is 0 Å². The van der Waals surface area contributed by atoms with Gasteiger partial charge in [-0.15, -0.1) is 0 Å². The second-order valence-electron chi connectivity index (χ2n) is 3.51. The van der Waals surface area contributed by atoms with Crippen molar-refractivity contribution in [3.05, 3.63) is 57.5 Å². The van der Waals surface area contributed by atoms with Crippen LogP contribution in [0.15, 0.2) is 56.7 Å². The van der Waals surface area contributed by atoms with E-state index in [1.807, 2.05) is 18.2 Å². The van der Waals surface area contributed by atoms with Crippen LogP contribution in [0.1, 0.15) is 10.4 Å². The van der Waals surface area contributed by atoms with Crippen molar-refractivity contribution in [2.75, 3.05) is 0 Å². The van der Waals surface area contributed by atoms with Crippen LogP contribution in [0.4, 0.5) is 0 Å². The fourth-order valence-electron chi connectivity index (χ4n) is 1.35. The van der Waals surface area contributed by atoms with Crippen LogP contribution >= 0.6 is 39.3 Å². The van der Waals surface area contributed by atoms with Crippen molar-refractivity contribution in [3.8, 4) is 0 Å². The molecule has 0 heterocycles. The zero-order valence-corrected chi connectivity index (χ0v) is 12.2. The van der Waals surface area contributed by atoms with Gasteiger partial charge in [0, 0.05) is 19.3 Å². The minimum absolute atomic E-state index is 0.287. The summed E-state index contributed by atoms with van der Waals surface area (Å²) in [4.78, 5) is 12.7. The van der Waals surface area contributed by atoms with Crippen molar-refractivity contribution in [1.29, 1.82) is 0 Å². The van der Waals surface area contributed by atoms with Crippen LogP contribution in [0, 0.1) is 0 Å². The van der Waals surface area contributed by atoms with Gasteiger partial charge in [0.25, 0.3) is 0 Å². The Balaban J connectivity index is 2.21. The number of halogens is 2. The van der Waals surface area contributed by atoms with Gasteiger partial charge in [0.15, 0.2) is 0 Å². The van der Waals surface area contributed by atoms with Crippen molar-refractivity contribution in [1.82, 2.24) is 0 Å². The predicted octanol–water partition coefficient (Wildman–Crippen LogP) is 4.95. The molecule has 0 aliphatic heterocycles. The molecule has 2 rings (SSSR count). The normalized spacial score (nSPS) is 10.3. The highest BCUT2D eigenvalue weighted by molar-refractivity contribution is 9.10. The van der Waals surface area contributed by atoms with E-state index in [0.717, 1.165) is 14.3 Å². The van der Waals surface area contributed by atoms with E-state index < -0.39 is 5.97 Å². The van der Waals surface area contributed by atoms with Gasteiger partial charge in [-0.05, 0) is 58.4 Å². The number of rotatable bonds is 3. The van der Waals surface area contributed by atoms with Gasteiger partial charge in [0.05, 0.1) is 5.56 Å². The Labute approximate surface area is 122 Å². The highest BCUT2D eigenvalue weighted by Crippen LogP contribution is 2.34. The number of carbonyl (C=O) groups is 1. The molecule has 0 radical (unpaired) electrons. The molecule has 2 nitrogen and oxygen atoms in total. The Morgan fingerprint density at radius 1 is 1.17 bits per heavy atom. The minimum Gasteiger partial charge on any atom is -0.478 e. The first-order valence-electron chi connectivity index (χ1n) is 5.02. The molecule has 0 atom stereocenters. The quantitative estimate of drug-likeness (QED) is 0.856. The Morgan fingerprint density at radius 2 is 1.83 bits per heavy atom. The third-order valence-electron chi connectivity index (χ3n) is 2.22. The molecule has 18 heavy (non-hydrogen) atoms. The van der Waals surface area contributed by atoms with E-state index >= 15 is 0 Å². The third kappa shape index (κ3) is 3.28. The smallest absolute Gasteiger partial charge is 0.335 e. The molecule has 1 N–H and O–H groups in total. The zero-order valence-electron chi connectivity index (χ0n) is 9.06. The molecule has 0 unspecified atom stereocenters. The lowest BCUT2D eigenvalue weighted by atomic mass is 10.2. The summed E-state index contributed by atoms with van der Waals surface area (Å²) < 4.78 is 0.919. The van der Waals surface area contributed by atoms with E-state index in [4.69, 9.17) is 16.7 Å². The molecular weight excluding hydrogens is 336 g/mol. The minimum atomic E-state index is -0.917. The SMILES string of the molecule is O=C(O)c1ccc(Sc2ccc(Cl)cc2Br)cc1. The van der Waals surface area contributed by atoms with Crippen molar-refractivity contribution in [2.24, 2.45) is 0 Å². The third-order valence-corrected chi connectivity index (χ3v) is 4.46. The molecule has 0 aromatic heterocycles. The second-order valence-corrected chi connectivity index (χ2v) is 5.91. The lowest BCUT2D eigenvalue weighted by Crippen LogP contribution is -1.94. The van der Waals surface area contributed by atoms with Crippen LogP contribution in [0.5, 0.6) is 0 Å². The van der Waals surface area contributed by atoms with Crippen LogP contribution in [-0.4, -0.2) is 11.1 Å². The van der Waals surface area contributed by atoms with Gasteiger partial charge in [0.2, 0.25) is 0 Å². The van der Waals surface area contributed by atoms with Gasteiger partial charge in [-0.1, -0.05) is 23.4 Å². The van der Waals surface area contributed by atoms with E-state index in [1.54, 1.807) is 36.0 Å². The van der Waals surface area contributed by atoms with Gasteiger partial charge >= 0.3 is 5.97 Å². The molecule has 0 saturated carbocycles. The Bertz CT molecular complexity index is 584. The topological polar surface area (TPSA) is 37.3 Å². The summed E-state index contributed by atoms with van der Waals surface area (Å²) in [5.74, 6) is -0.917. The van der Waals surface area contributed by atoms with Crippen LogP contribution in [0.2, 0.25) is 5.02 Å². The molecule has 0 saturated heterocycles. The highest BCUT2D eigenvalue weighted by Gasteiger charge is 2.05. The van der Waals surface area contributed by atoms with Gasteiger partial charge < -0.3 is 5.11 Å². The molecular formula is C13H8BrClO2S. The number of benzene rings is 2. The van der Waals surface area contributed by atoms with Gasteiger partial charge in [-0.2, -0.15) is 0 Å². The number of hydrogen-bond acceptors (Lipinski definition) is 2. The largest absolute Gasteiger partial charge is 0.478 e. The summed E-state index contributed by atoms with van der Waals surface area (Å²) in [6.45, 7) is 0. The van der Waals surface area contributed by atoms with Crippen LogP contribution in [0.3, 0.4) is 0 Å². The summed E-state index contributed by atoms with van der Waals surface area (Å²) in [5, 5.41) is 9.48. The van der Waals surface area contributed by atoms with E-state index in [2.05, 4.69) is 15.9 Å². The molecule has 92 valence electrons. The van der Waals surface area contributed by atoms with Crippen LogP contribution in [-0.2, 0) is 0 Å². The summed E-state index contributed by atoms with van der Waals surface area (Å²) in [7, 11) is 0. The lowest BCUT2D eigenvalue weighted by Gasteiger charge is -2.05. The van der Waals surface area contributed by atoms with Crippen molar-refractivity contribution < 1.29 is 9.90 Å². The first kappa shape index (κ1) is 13.5. The maximum absolute atomic E-state index is 10.7. The fourth-order valence-corrected chi connectivity index (χ4v) is 3.09. The number of aromatic carboxylic acids is 1. The number of carboxylic acid groups (broad SMARTS) is 1.